The molecule has 0 aliphatic carbocycles. The number of hydrogen-bond acceptors (Lipinski definition) is 3. The summed E-state index contributed by atoms with van der Waals surface area (Å²) in [5.41, 5.74) is -0.475. The lowest BCUT2D eigenvalue weighted by molar-refractivity contribution is 0.0292. The summed E-state index contributed by atoms with van der Waals surface area (Å²) in [6.07, 6.45) is 2.28. The lowest BCUT2D eigenvalue weighted by atomic mass is 10.1. The lowest BCUT2D eigenvalue weighted by Crippen LogP contribution is -2.35. The van der Waals surface area contributed by atoms with E-state index in [1.807, 2.05) is 41.5 Å². The van der Waals surface area contributed by atoms with E-state index in [0.29, 0.717) is 13.1 Å². The van der Waals surface area contributed by atoms with Crippen LogP contribution in [0, 0.1) is 5.92 Å². The van der Waals surface area contributed by atoms with Crippen LogP contribution in [0.1, 0.15) is 48.0 Å². The Bertz CT molecular complexity index is 408. The maximum atomic E-state index is 11.9. The Morgan fingerprint density at radius 1 is 1.30 bits per heavy atom. The van der Waals surface area contributed by atoms with Crippen LogP contribution in [0.5, 0.6) is 0 Å². The molecule has 0 aromatic heterocycles. The Labute approximate surface area is 124 Å². The monoisotopic (exact) mass is 302 g/mol. The topological polar surface area (TPSA) is 59.0 Å². The third-order valence-corrected chi connectivity index (χ3v) is 4.13. The van der Waals surface area contributed by atoms with Gasteiger partial charge in [0.15, 0.2) is 0 Å². The van der Waals surface area contributed by atoms with E-state index in [1.165, 1.54) is 0 Å². The van der Waals surface area contributed by atoms with E-state index in [9.17, 15) is 9.00 Å². The van der Waals surface area contributed by atoms with E-state index in [0.717, 1.165) is 6.42 Å². The second kappa shape index (κ2) is 6.24. The maximum absolute atomic E-state index is 11.9. The fourth-order valence-electron chi connectivity index (χ4n) is 1.70. The number of ether oxygens (including phenoxy) is 1. The van der Waals surface area contributed by atoms with Crippen LogP contribution in [0.25, 0.3) is 0 Å². The molecule has 20 heavy (non-hydrogen) atoms. The number of rotatable bonds is 2. The molecule has 116 valence electrons. The summed E-state index contributed by atoms with van der Waals surface area (Å²) in [5.74, 6) is 0.161. The highest BCUT2D eigenvalue weighted by Crippen LogP contribution is 2.19. The molecule has 0 bridgehead atoms. The molecule has 5 nitrogen and oxygen atoms in total. The van der Waals surface area contributed by atoms with Crippen molar-refractivity contribution < 1.29 is 13.7 Å². The molecular weight excluding hydrogens is 276 g/mol. The highest BCUT2D eigenvalue weighted by Gasteiger charge is 2.29. The summed E-state index contributed by atoms with van der Waals surface area (Å²) in [6, 6.07) is 0. The second-order valence-corrected chi connectivity index (χ2v) is 9.02. The van der Waals surface area contributed by atoms with Crippen LogP contribution in [0.2, 0.25) is 0 Å². The van der Waals surface area contributed by atoms with Crippen LogP contribution in [-0.4, -0.2) is 44.9 Å². The molecule has 0 unspecified atom stereocenters. The molecule has 0 aromatic carbocycles. The number of carbonyl (C=O) groups excluding carboxylic acids is 1. The summed E-state index contributed by atoms with van der Waals surface area (Å²) in [4.78, 5) is 13.6. The summed E-state index contributed by atoms with van der Waals surface area (Å²) >= 11 is 0. The van der Waals surface area contributed by atoms with E-state index >= 15 is 0 Å². The quantitative estimate of drug-likeness (QED) is 0.737. The van der Waals surface area contributed by atoms with Crippen molar-refractivity contribution >= 4 is 23.3 Å². The van der Waals surface area contributed by atoms with E-state index in [1.54, 1.807) is 11.1 Å². The molecular formula is C14H26N2O3S. The SMILES string of the molecule is CC(C)(C)OC(=O)N1CC[C@@H](/C=N/[S@@](=O)C(C)(C)C)C1. The Kier molecular flexibility index (Phi) is 5.35. The van der Waals surface area contributed by atoms with Gasteiger partial charge in [-0.1, -0.05) is 0 Å². The fourth-order valence-corrected chi connectivity index (χ4v) is 2.30. The Morgan fingerprint density at radius 3 is 2.40 bits per heavy atom. The van der Waals surface area contributed by atoms with Crippen LogP contribution < -0.4 is 0 Å². The van der Waals surface area contributed by atoms with Gasteiger partial charge in [-0.2, -0.15) is 4.40 Å². The maximum Gasteiger partial charge on any atom is 0.410 e. The van der Waals surface area contributed by atoms with Gasteiger partial charge < -0.3 is 9.64 Å². The number of carbonyl (C=O) groups is 1. The van der Waals surface area contributed by atoms with Gasteiger partial charge >= 0.3 is 6.09 Å². The molecule has 0 radical (unpaired) electrons. The third kappa shape index (κ3) is 5.61. The van der Waals surface area contributed by atoms with E-state index in [2.05, 4.69) is 4.40 Å². The summed E-state index contributed by atoms with van der Waals surface area (Å²) < 4.78 is 20.9. The van der Waals surface area contributed by atoms with Crippen LogP contribution in [0.4, 0.5) is 4.79 Å². The molecule has 0 aromatic rings. The van der Waals surface area contributed by atoms with E-state index in [-0.39, 0.29) is 16.8 Å². The summed E-state index contributed by atoms with van der Waals surface area (Å²) in [7, 11) is -1.24. The van der Waals surface area contributed by atoms with Crippen molar-refractivity contribution in [1.82, 2.24) is 4.90 Å². The zero-order valence-corrected chi connectivity index (χ0v) is 14.1. The van der Waals surface area contributed by atoms with Crippen molar-refractivity contribution in [3.05, 3.63) is 0 Å². The molecule has 0 saturated carbocycles. The van der Waals surface area contributed by atoms with Crippen LogP contribution in [0.15, 0.2) is 4.40 Å². The van der Waals surface area contributed by atoms with Crippen LogP contribution >= 0.6 is 0 Å². The molecule has 6 heteroatoms. The van der Waals surface area contributed by atoms with Gasteiger partial charge in [0.05, 0.1) is 4.75 Å². The molecule has 0 N–H and O–H groups in total. The molecule has 0 spiro atoms. The van der Waals surface area contributed by atoms with Crippen molar-refractivity contribution in [3.63, 3.8) is 0 Å². The molecule has 1 fully saturated rings. The molecule has 1 saturated heterocycles. The van der Waals surface area contributed by atoms with Crippen molar-refractivity contribution in [3.8, 4) is 0 Å². The van der Waals surface area contributed by atoms with Crippen molar-refractivity contribution in [2.24, 2.45) is 10.3 Å². The summed E-state index contributed by atoms with van der Waals surface area (Å²) in [6.45, 7) is 12.5. The molecule has 1 aliphatic rings. The van der Waals surface area contributed by atoms with Gasteiger partial charge in [-0.25, -0.2) is 9.00 Å². The van der Waals surface area contributed by atoms with Gasteiger partial charge in [0.1, 0.15) is 16.6 Å². The average molecular weight is 302 g/mol. The zero-order chi connectivity index (χ0) is 15.6. The number of hydrogen-bond donors (Lipinski definition) is 0. The standard InChI is InChI=1S/C14H26N2O3S/c1-13(2,3)19-12(17)16-8-7-11(10-16)9-15-20(18)14(4,5)6/h9,11H,7-8,10H2,1-6H3/b15-9+/t11-,20-/m0/s1. The molecule has 2 atom stereocenters. The Balaban J connectivity index is 2.50. The van der Waals surface area contributed by atoms with Crippen LogP contribution in [-0.2, 0) is 15.7 Å². The molecule has 1 aliphatic heterocycles. The average Bonchev–Trinajstić information content (AvgIpc) is 2.70. The molecule has 1 heterocycles. The predicted octanol–water partition coefficient (Wildman–Crippen LogP) is 2.78. The minimum absolute atomic E-state index is 0.161. The predicted molar refractivity (Wildman–Crippen MR) is 82.3 cm³/mol. The van der Waals surface area contributed by atoms with E-state index < -0.39 is 16.6 Å². The van der Waals surface area contributed by atoms with Crippen LogP contribution in [0.3, 0.4) is 0 Å². The first-order chi connectivity index (χ1) is 8.99. The smallest absolute Gasteiger partial charge is 0.410 e. The van der Waals surface area contributed by atoms with Crippen molar-refractivity contribution in [2.75, 3.05) is 13.1 Å². The highest BCUT2D eigenvalue weighted by atomic mass is 32.2. The third-order valence-electron chi connectivity index (χ3n) is 2.77. The van der Waals surface area contributed by atoms with Gasteiger partial charge in [0.25, 0.3) is 0 Å². The second-order valence-electron chi connectivity index (χ2n) is 7.09. The number of likely N-dealkylation sites (tertiary alicyclic amines) is 1. The molecule has 1 rings (SSSR count). The highest BCUT2D eigenvalue weighted by molar-refractivity contribution is 7.85. The van der Waals surface area contributed by atoms with Gasteiger partial charge in [0, 0.05) is 25.2 Å². The van der Waals surface area contributed by atoms with Gasteiger partial charge in [-0.3, -0.25) is 0 Å². The minimum atomic E-state index is -1.24. The first kappa shape index (κ1) is 17.1. The lowest BCUT2D eigenvalue weighted by Gasteiger charge is -2.24. The van der Waals surface area contributed by atoms with Crippen molar-refractivity contribution in [2.45, 2.75) is 58.3 Å². The van der Waals surface area contributed by atoms with E-state index in [4.69, 9.17) is 4.74 Å². The number of nitrogens with zero attached hydrogens (tertiary/aromatic N) is 2. The Hall–Kier alpha value is -0.910. The van der Waals surface area contributed by atoms with Gasteiger partial charge in [0.2, 0.25) is 0 Å². The van der Waals surface area contributed by atoms with Crippen molar-refractivity contribution in [1.29, 1.82) is 0 Å². The minimum Gasteiger partial charge on any atom is -0.444 e. The van der Waals surface area contributed by atoms with Gasteiger partial charge in [-0.05, 0) is 48.0 Å². The normalized spacial score (nSPS) is 22.3. The van der Waals surface area contributed by atoms with Gasteiger partial charge in [-0.15, -0.1) is 0 Å². The zero-order valence-electron chi connectivity index (χ0n) is 13.3. The number of amides is 1. The first-order valence-corrected chi connectivity index (χ1v) is 8.04. The Morgan fingerprint density at radius 2 is 1.90 bits per heavy atom. The fraction of sp³-hybridized carbons (Fsp3) is 0.857. The largest absolute Gasteiger partial charge is 0.444 e. The molecule has 1 amide bonds. The first-order valence-electron chi connectivity index (χ1n) is 6.93. The summed E-state index contributed by atoms with van der Waals surface area (Å²) in [5, 5.41) is 0.